The van der Waals surface area contributed by atoms with E-state index >= 15 is 0 Å². The van der Waals surface area contributed by atoms with Gasteiger partial charge in [0.25, 0.3) is 5.91 Å². The van der Waals surface area contributed by atoms with Crippen LogP contribution in [0.15, 0.2) is 18.2 Å². The van der Waals surface area contributed by atoms with Crippen LogP contribution in [0.3, 0.4) is 0 Å². The van der Waals surface area contributed by atoms with Gasteiger partial charge in [0.05, 0.1) is 11.3 Å². The number of aryl methyl sites for hydroxylation is 1. The molecular weight excluding hydrogens is 254 g/mol. The van der Waals surface area contributed by atoms with E-state index in [-0.39, 0.29) is 23.0 Å². The van der Waals surface area contributed by atoms with Crippen LogP contribution in [0, 0.1) is 6.92 Å². The Hall–Kier alpha value is -1.69. The summed E-state index contributed by atoms with van der Waals surface area (Å²) in [5.74, 6) is -0.743. The fraction of sp³-hybridized carbons (Fsp3) is 0.333. The van der Waals surface area contributed by atoms with Crippen molar-refractivity contribution in [1.29, 1.82) is 0 Å². The minimum Gasteiger partial charge on any atom is -0.507 e. The van der Waals surface area contributed by atoms with Gasteiger partial charge in [0.15, 0.2) is 0 Å². The number of nitrogens with one attached hydrogen (secondary N) is 1. The smallest absolute Gasteiger partial charge is 0.313 e. The van der Waals surface area contributed by atoms with Gasteiger partial charge in [0.1, 0.15) is 5.75 Å². The molecule has 0 heterocycles. The zero-order valence-electron chi connectivity index (χ0n) is 9.97. The monoisotopic (exact) mass is 269 g/mol. The van der Waals surface area contributed by atoms with Gasteiger partial charge < -0.3 is 15.5 Å². The van der Waals surface area contributed by atoms with Gasteiger partial charge in [-0.25, -0.2) is 0 Å². The number of hydrogen-bond donors (Lipinski definition) is 3. The highest BCUT2D eigenvalue weighted by atomic mass is 32.2. The number of carbonyl (C=O) groups excluding carboxylic acids is 1. The number of carboxylic acids is 1. The van der Waals surface area contributed by atoms with Crippen molar-refractivity contribution < 1.29 is 19.8 Å². The average molecular weight is 269 g/mol. The van der Waals surface area contributed by atoms with Crippen molar-refractivity contribution in [1.82, 2.24) is 5.32 Å². The lowest BCUT2D eigenvalue weighted by Gasteiger charge is -2.06. The first-order chi connectivity index (χ1) is 8.50. The van der Waals surface area contributed by atoms with Crippen molar-refractivity contribution in [2.45, 2.75) is 6.92 Å². The number of carboxylic acid groups (broad SMARTS) is 1. The molecule has 0 atom stereocenters. The van der Waals surface area contributed by atoms with E-state index in [1.165, 1.54) is 17.8 Å². The van der Waals surface area contributed by atoms with Gasteiger partial charge in [-0.15, -0.1) is 11.8 Å². The van der Waals surface area contributed by atoms with Crippen molar-refractivity contribution >= 4 is 23.6 Å². The first-order valence-electron chi connectivity index (χ1n) is 5.38. The van der Waals surface area contributed by atoms with Crippen molar-refractivity contribution in [2.24, 2.45) is 0 Å². The molecule has 0 aliphatic carbocycles. The van der Waals surface area contributed by atoms with Gasteiger partial charge >= 0.3 is 5.97 Å². The number of phenolic OH excluding ortho intramolecular Hbond substituents is 1. The lowest BCUT2D eigenvalue weighted by Crippen LogP contribution is -2.26. The predicted octanol–water partition coefficient (Wildman–Crippen LogP) is 1.25. The van der Waals surface area contributed by atoms with Crippen molar-refractivity contribution in [3.8, 4) is 5.75 Å². The van der Waals surface area contributed by atoms with Crippen molar-refractivity contribution in [3.63, 3.8) is 0 Å². The molecule has 0 aliphatic heterocycles. The molecule has 18 heavy (non-hydrogen) atoms. The molecule has 1 aromatic carbocycles. The average Bonchev–Trinajstić information content (AvgIpc) is 2.27. The molecule has 0 bridgehead atoms. The topological polar surface area (TPSA) is 86.6 Å². The molecule has 5 nitrogen and oxygen atoms in total. The van der Waals surface area contributed by atoms with E-state index in [1.807, 2.05) is 6.92 Å². The number of aliphatic carboxylic acids is 1. The van der Waals surface area contributed by atoms with E-state index in [9.17, 15) is 14.7 Å². The van der Waals surface area contributed by atoms with E-state index in [1.54, 1.807) is 12.1 Å². The van der Waals surface area contributed by atoms with E-state index in [0.29, 0.717) is 12.3 Å². The maximum Gasteiger partial charge on any atom is 0.313 e. The van der Waals surface area contributed by atoms with Crippen LogP contribution in [0.1, 0.15) is 15.9 Å². The van der Waals surface area contributed by atoms with E-state index in [0.717, 1.165) is 5.56 Å². The number of hydrogen-bond acceptors (Lipinski definition) is 4. The molecule has 0 unspecified atom stereocenters. The standard InChI is InChI=1S/C12H15NO4S/c1-8-2-3-9(10(14)6-8)12(17)13-4-5-18-7-11(15)16/h2-3,6,14H,4-5,7H2,1H3,(H,13,17)(H,15,16). The van der Waals surface area contributed by atoms with Crippen LogP contribution >= 0.6 is 11.8 Å². The second kappa shape index (κ2) is 6.90. The van der Waals surface area contributed by atoms with Crippen LogP contribution in [0.4, 0.5) is 0 Å². The molecule has 0 aliphatic rings. The lowest BCUT2D eigenvalue weighted by atomic mass is 10.1. The minimum absolute atomic E-state index is 0.0195. The van der Waals surface area contributed by atoms with Gasteiger partial charge in [-0.1, -0.05) is 6.07 Å². The Labute approximate surface area is 109 Å². The van der Waals surface area contributed by atoms with Gasteiger partial charge in [-0.05, 0) is 24.6 Å². The molecule has 0 radical (unpaired) electrons. The van der Waals surface area contributed by atoms with E-state index in [2.05, 4.69) is 5.32 Å². The molecule has 0 saturated heterocycles. The summed E-state index contributed by atoms with van der Waals surface area (Å²) in [5, 5.41) is 20.6. The van der Waals surface area contributed by atoms with E-state index < -0.39 is 5.97 Å². The molecule has 6 heteroatoms. The summed E-state index contributed by atoms with van der Waals surface area (Å²) in [7, 11) is 0. The molecule has 1 aromatic rings. The van der Waals surface area contributed by atoms with Crippen LogP contribution in [-0.2, 0) is 4.79 Å². The van der Waals surface area contributed by atoms with Crippen LogP contribution < -0.4 is 5.32 Å². The highest BCUT2D eigenvalue weighted by molar-refractivity contribution is 7.99. The first-order valence-corrected chi connectivity index (χ1v) is 6.53. The molecule has 0 aromatic heterocycles. The van der Waals surface area contributed by atoms with Gasteiger partial charge in [-0.2, -0.15) is 0 Å². The Morgan fingerprint density at radius 1 is 1.39 bits per heavy atom. The zero-order chi connectivity index (χ0) is 13.5. The summed E-state index contributed by atoms with van der Waals surface area (Å²) in [5.41, 5.74) is 1.10. The zero-order valence-corrected chi connectivity index (χ0v) is 10.8. The van der Waals surface area contributed by atoms with Crippen molar-refractivity contribution in [2.75, 3.05) is 18.1 Å². The van der Waals surface area contributed by atoms with E-state index in [4.69, 9.17) is 5.11 Å². The summed E-state index contributed by atoms with van der Waals surface area (Å²) in [4.78, 5) is 21.9. The third-order valence-electron chi connectivity index (χ3n) is 2.16. The van der Waals surface area contributed by atoms with Crippen LogP contribution in [0.5, 0.6) is 5.75 Å². The number of aromatic hydroxyl groups is 1. The fourth-order valence-corrected chi connectivity index (χ4v) is 1.89. The normalized spacial score (nSPS) is 10.1. The maximum absolute atomic E-state index is 11.7. The Morgan fingerprint density at radius 3 is 2.72 bits per heavy atom. The van der Waals surface area contributed by atoms with Gasteiger partial charge in [-0.3, -0.25) is 9.59 Å². The number of carbonyl (C=O) groups is 2. The molecule has 0 fully saturated rings. The molecule has 98 valence electrons. The molecule has 1 rings (SSSR count). The summed E-state index contributed by atoms with van der Waals surface area (Å²) in [6.07, 6.45) is 0. The van der Waals surface area contributed by atoms with Crippen molar-refractivity contribution in [3.05, 3.63) is 29.3 Å². The highest BCUT2D eigenvalue weighted by Gasteiger charge is 2.10. The molecule has 1 amide bonds. The molecule has 3 N–H and O–H groups in total. The lowest BCUT2D eigenvalue weighted by molar-refractivity contribution is -0.133. The number of phenols is 1. The van der Waals surface area contributed by atoms with Crippen LogP contribution in [0.25, 0.3) is 0 Å². The number of benzene rings is 1. The molecule has 0 saturated carbocycles. The largest absolute Gasteiger partial charge is 0.507 e. The second-order valence-electron chi connectivity index (χ2n) is 3.72. The Kier molecular flexibility index (Phi) is 5.51. The first kappa shape index (κ1) is 14.4. The third-order valence-corrected chi connectivity index (χ3v) is 3.10. The predicted molar refractivity (Wildman–Crippen MR) is 70.1 cm³/mol. The van der Waals surface area contributed by atoms with Gasteiger partial charge in [0, 0.05) is 12.3 Å². The number of amides is 1. The van der Waals surface area contributed by atoms with Gasteiger partial charge in [0.2, 0.25) is 0 Å². The number of thioether (sulfide) groups is 1. The number of rotatable bonds is 6. The van der Waals surface area contributed by atoms with Crippen LogP contribution in [-0.4, -0.2) is 40.1 Å². The third kappa shape index (κ3) is 4.67. The fourth-order valence-electron chi connectivity index (χ4n) is 1.33. The van der Waals surface area contributed by atoms with Crippen LogP contribution in [0.2, 0.25) is 0 Å². The quantitative estimate of drug-likeness (QED) is 0.677. The Balaban J connectivity index is 2.39. The Bertz CT molecular complexity index is 448. The molecule has 0 spiro atoms. The second-order valence-corrected chi connectivity index (χ2v) is 4.83. The summed E-state index contributed by atoms with van der Waals surface area (Å²) >= 11 is 1.23. The molecular formula is C12H15NO4S. The Morgan fingerprint density at radius 2 is 2.11 bits per heavy atom. The highest BCUT2D eigenvalue weighted by Crippen LogP contribution is 2.17. The minimum atomic E-state index is -0.873. The maximum atomic E-state index is 11.7. The summed E-state index contributed by atoms with van der Waals surface area (Å²) < 4.78 is 0. The summed E-state index contributed by atoms with van der Waals surface area (Å²) in [6.45, 7) is 2.19. The SMILES string of the molecule is Cc1ccc(C(=O)NCCSCC(=O)O)c(O)c1. The summed E-state index contributed by atoms with van der Waals surface area (Å²) in [6, 6.07) is 4.83.